The number of aryl methyl sites for hydroxylation is 2. The van der Waals surface area contributed by atoms with Gasteiger partial charge in [0.15, 0.2) is 0 Å². The third-order valence-electron chi connectivity index (χ3n) is 5.67. The van der Waals surface area contributed by atoms with E-state index in [0.717, 1.165) is 18.4 Å². The Balaban J connectivity index is 1.50. The monoisotopic (exact) mass is 446 g/mol. The molecule has 2 aromatic carbocycles. The van der Waals surface area contributed by atoms with Gasteiger partial charge in [-0.05, 0) is 61.7 Å². The Morgan fingerprint density at radius 1 is 1.03 bits per heavy atom. The van der Waals surface area contributed by atoms with Crippen molar-refractivity contribution in [2.75, 3.05) is 16.2 Å². The molecule has 0 aliphatic carbocycles. The van der Waals surface area contributed by atoms with Crippen molar-refractivity contribution in [2.45, 2.75) is 24.7 Å². The molecule has 8 heteroatoms. The minimum absolute atomic E-state index is 0.253. The van der Waals surface area contributed by atoms with Gasteiger partial charge in [0.25, 0.3) is 15.9 Å². The molecule has 162 valence electrons. The van der Waals surface area contributed by atoms with Crippen LogP contribution in [-0.4, -0.2) is 30.3 Å². The number of pyridine rings is 1. The largest absolute Gasteiger partial charge is 0.321 e. The van der Waals surface area contributed by atoms with Gasteiger partial charge in [0.05, 0.1) is 16.3 Å². The molecular formula is C24H22N4O3S. The molecule has 5 rings (SSSR count). The second-order valence-corrected chi connectivity index (χ2v) is 9.63. The average Bonchev–Trinajstić information content (AvgIpc) is 3.15. The zero-order chi connectivity index (χ0) is 22.3. The molecule has 0 fully saturated rings. The van der Waals surface area contributed by atoms with Crippen LogP contribution in [0, 0.1) is 6.92 Å². The fourth-order valence-corrected chi connectivity index (χ4v) is 5.72. The van der Waals surface area contributed by atoms with Gasteiger partial charge in [-0.3, -0.25) is 13.5 Å². The van der Waals surface area contributed by atoms with Crippen LogP contribution in [0.1, 0.15) is 28.2 Å². The van der Waals surface area contributed by atoms with E-state index in [4.69, 9.17) is 0 Å². The molecule has 32 heavy (non-hydrogen) atoms. The number of carbonyl (C=O) groups excluding carboxylic acids is 1. The Morgan fingerprint density at radius 3 is 2.62 bits per heavy atom. The molecule has 1 aliphatic rings. The summed E-state index contributed by atoms with van der Waals surface area (Å²) >= 11 is 0. The summed E-state index contributed by atoms with van der Waals surface area (Å²) in [5.41, 5.74) is 3.86. The van der Waals surface area contributed by atoms with E-state index < -0.39 is 10.0 Å². The highest BCUT2D eigenvalue weighted by atomic mass is 32.2. The van der Waals surface area contributed by atoms with Gasteiger partial charge in [-0.1, -0.05) is 30.3 Å². The van der Waals surface area contributed by atoms with Crippen molar-refractivity contribution >= 4 is 33.0 Å². The first-order valence-corrected chi connectivity index (χ1v) is 11.8. The van der Waals surface area contributed by atoms with Crippen LogP contribution in [0.4, 0.5) is 11.4 Å². The van der Waals surface area contributed by atoms with Crippen molar-refractivity contribution in [3.8, 4) is 0 Å². The first-order chi connectivity index (χ1) is 15.4. The SMILES string of the molecule is Cc1nc2ccccn2c1C(=O)Nc1ccc2c(c1)N(S(=O)(=O)c1ccccc1)CCC2. The number of nitrogens with one attached hydrogen (secondary N) is 1. The van der Waals surface area contributed by atoms with Crippen molar-refractivity contribution in [3.63, 3.8) is 0 Å². The number of anilines is 2. The van der Waals surface area contributed by atoms with Gasteiger partial charge >= 0.3 is 0 Å². The average molecular weight is 447 g/mol. The van der Waals surface area contributed by atoms with Crippen LogP contribution < -0.4 is 9.62 Å². The van der Waals surface area contributed by atoms with E-state index in [9.17, 15) is 13.2 Å². The van der Waals surface area contributed by atoms with Gasteiger partial charge in [-0.2, -0.15) is 0 Å². The number of carbonyl (C=O) groups is 1. The predicted molar refractivity (Wildman–Crippen MR) is 124 cm³/mol. The molecule has 0 saturated carbocycles. The van der Waals surface area contributed by atoms with Crippen LogP contribution in [0.15, 0.2) is 77.8 Å². The minimum Gasteiger partial charge on any atom is -0.321 e. The maximum Gasteiger partial charge on any atom is 0.274 e. The van der Waals surface area contributed by atoms with Crippen molar-refractivity contribution in [2.24, 2.45) is 0 Å². The summed E-state index contributed by atoms with van der Waals surface area (Å²) in [6.07, 6.45) is 3.33. The minimum atomic E-state index is -3.69. The summed E-state index contributed by atoms with van der Waals surface area (Å²) in [4.78, 5) is 17.8. The molecule has 2 aromatic heterocycles. The zero-order valence-corrected chi connectivity index (χ0v) is 18.3. The van der Waals surface area contributed by atoms with Crippen LogP contribution in [0.5, 0.6) is 0 Å². The molecule has 4 aromatic rings. The van der Waals surface area contributed by atoms with E-state index in [0.29, 0.717) is 35.0 Å². The van der Waals surface area contributed by atoms with Gasteiger partial charge in [-0.15, -0.1) is 0 Å². The quantitative estimate of drug-likeness (QED) is 0.513. The van der Waals surface area contributed by atoms with E-state index >= 15 is 0 Å². The van der Waals surface area contributed by atoms with E-state index in [1.54, 1.807) is 53.9 Å². The number of amides is 1. The third kappa shape index (κ3) is 3.42. The second kappa shape index (κ2) is 7.80. The molecule has 1 N–H and O–H groups in total. The molecule has 0 saturated heterocycles. The normalized spacial score (nSPS) is 13.7. The summed E-state index contributed by atoms with van der Waals surface area (Å²) < 4.78 is 29.8. The Kier molecular flexibility index (Phi) is 4.94. The maximum atomic E-state index is 13.3. The van der Waals surface area contributed by atoms with Crippen LogP contribution >= 0.6 is 0 Å². The number of imidazole rings is 1. The molecule has 0 radical (unpaired) electrons. The molecule has 0 spiro atoms. The standard InChI is InChI=1S/C24H22N4O3S/c1-17-23(27-14-6-5-11-22(27)25-17)24(29)26-19-13-12-18-8-7-15-28(21(18)16-19)32(30,31)20-9-3-2-4-10-20/h2-6,9-14,16H,7-8,15H2,1H3,(H,26,29). The Labute approximate surface area is 186 Å². The van der Waals surface area contributed by atoms with Crippen LogP contribution in [-0.2, 0) is 16.4 Å². The highest BCUT2D eigenvalue weighted by Gasteiger charge is 2.29. The predicted octanol–water partition coefficient (Wildman–Crippen LogP) is 4.04. The number of aromatic nitrogens is 2. The number of sulfonamides is 1. The Hall–Kier alpha value is -3.65. The van der Waals surface area contributed by atoms with Crippen LogP contribution in [0.3, 0.4) is 0 Å². The van der Waals surface area contributed by atoms with E-state index in [1.165, 1.54) is 4.31 Å². The summed E-state index contributed by atoms with van der Waals surface area (Å²) in [5, 5.41) is 2.92. The van der Waals surface area contributed by atoms with Crippen molar-refractivity contribution in [1.82, 2.24) is 9.38 Å². The van der Waals surface area contributed by atoms with Gasteiger partial charge in [0, 0.05) is 18.4 Å². The lowest BCUT2D eigenvalue weighted by Crippen LogP contribution is -2.35. The van der Waals surface area contributed by atoms with E-state index in [1.807, 2.05) is 30.3 Å². The number of hydrogen-bond donors (Lipinski definition) is 1. The van der Waals surface area contributed by atoms with E-state index in [-0.39, 0.29) is 10.8 Å². The number of rotatable bonds is 4. The van der Waals surface area contributed by atoms with Crippen molar-refractivity contribution in [3.05, 3.63) is 89.9 Å². The lowest BCUT2D eigenvalue weighted by atomic mass is 10.0. The molecule has 7 nitrogen and oxygen atoms in total. The lowest BCUT2D eigenvalue weighted by molar-refractivity contribution is 0.102. The van der Waals surface area contributed by atoms with Crippen LogP contribution in [0.25, 0.3) is 5.65 Å². The first-order valence-electron chi connectivity index (χ1n) is 10.4. The molecular weight excluding hydrogens is 424 g/mol. The molecule has 0 atom stereocenters. The van der Waals surface area contributed by atoms with Gasteiger partial charge in [0.2, 0.25) is 0 Å². The highest BCUT2D eigenvalue weighted by Crippen LogP contribution is 2.34. The summed E-state index contributed by atoms with van der Waals surface area (Å²) in [7, 11) is -3.69. The fraction of sp³-hybridized carbons (Fsp3) is 0.167. The Bertz CT molecular complexity index is 1430. The molecule has 3 heterocycles. The van der Waals surface area contributed by atoms with Crippen molar-refractivity contribution < 1.29 is 13.2 Å². The lowest BCUT2D eigenvalue weighted by Gasteiger charge is -2.31. The number of hydrogen-bond acceptors (Lipinski definition) is 4. The fourth-order valence-electron chi connectivity index (χ4n) is 4.17. The Morgan fingerprint density at radius 2 is 1.81 bits per heavy atom. The first kappa shape index (κ1) is 20.3. The summed E-state index contributed by atoms with van der Waals surface area (Å²) in [6, 6.07) is 19.4. The summed E-state index contributed by atoms with van der Waals surface area (Å²) in [5.74, 6) is -0.297. The summed E-state index contributed by atoms with van der Waals surface area (Å²) in [6.45, 7) is 2.19. The van der Waals surface area contributed by atoms with Crippen molar-refractivity contribution in [1.29, 1.82) is 0 Å². The van der Waals surface area contributed by atoms with E-state index in [2.05, 4.69) is 10.3 Å². The van der Waals surface area contributed by atoms with Gasteiger partial charge in [-0.25, -0.2) is 13.4 Å². The number of benzene rings is 2. The molecule has 1 aliphatic heterocycles. The molecule has 0 bridgehead atoms. The smallest absolute Gasteiger partial charge is 0.274 e. The third-order valence-corrected chi connectivity index (χ3v) is 7.50. The molecule has 1 amide bonds. The highest BCUT2D eigenvalue weighted by molar-refractivity contribution is 7.92. The van der Waals surface area contributed by atoms with Crippen LogP contribution in [0.2, 0.25) is 0 Å². The maximum absolute atomic E-state index is 13.3. The second-order valence-electron chi connectivity index (χ2n) is 7.77. The number of nitrogens with zero attached hydrogens (tertiary/aromatic N) is 3. The van der Waals surface area contributed by atoms with Gasteiger partial charge in [0.1, 0.15) is 11.3 Å². The zero-order valence-electron chi connectivity index (χ0n) is 17.5. The van der Waals surface area contributed by atoms with Gasteiger partial charge < -0.3 is 5.32 Å². The molecule has 0 unspecified atom stereocenters. The number of fused-ring (bicyclic) bond motifs is 2. The topological polar surface area (TPSA) is 83.8 Å².